The molecular weight excluding hydrogens is 408 g/mol. The van der Waals surface area contributed by atoms with Crippen molar-refractivity contribution in [2.75, 3.05) is 12.4 Å². The predicted molar refractivity (Wildman–Crippen MR) is 116 cm³/mol. The van der Waals surface area contributed by atoms with Gasteiger partial charge in [0.1, 0.15) is 10.4 Å². The zero-order valence-electron chi connectivity index (χ0n) is 17.3. The quantitative estimate of drug-likeness (QED) is 0.402. The van der Waals surface area contributed by atoms with Crippen molar-refractivity contribution >= 4 is 39.3 Å². The van der Waals surface area contributed by atoms with Crippen LogP contribution in [0.15, 0.2) is 9.95 Å². The number of aryl methyl sites for hydroxylation is 2. The molecule has 0 spiro atoms. The van der Waals surface area contributed by atoms with Gasteiger partial charge in [-0.15, -0.1) is 11.3 Å². The molecule has 1 saturated heterocycles. The summed E-state index contributed by atoms with van der Waals surface area (Å²) >= 11 is 2.92. The van der Waals surface area contributed by atoms with Crippen molar-refractivity contribution in [1.82, 2.24) is 9.55 Å². The van der Waals surface area contributed by atoms with E-state index < -0.39 is 5.60 Å². The van der Waals surface area contributed by atoms with E-state index in [9.17, 15) is 9.59 Å². The fourth-order valence-corrected chi connectivity index (χ4v) is 6.06. The second kappa shape index (κ2) is 8.40. The third kappa shape index (κ3) is 4.70. The number of thiophene rings is 1. The molecule has 4 rings (SSSR count). The molecule has 29 heavy (non-hydrogen) atoms. The SMILES string of the molecule is CC(C)(C)OC(=O)CSc1nc2sc3c(c2c(=O)n1C[C@@H]1CCCO1)CCCC3. The number of carbonyl (C=O) groups is 1. The maximum atomic E-state index is 13.5. The molecule has 0 radical (unpaired) electrons. The van der Waals surface area contributed by atoms with Crippen LogP contribution in [-0.4, -0.2) is 39.6 Å². The zero-order valence-corrected chi connectivity index (χ0v) is 18.9. The van der Waals surface area contributed by atoms with Crippen LogP contribution in [0.5, 0.6) is 0 Å². The average Bonchev–Trinajstić information content (AvgIpc) is 3.28. The summed E-state index contributed by atoms with van der Waals surface area (Å²) in [5, 5.41) is 1.37. The normalized spacial score (nSPS) is 19.5. The number of nitrogens with zero attached hydrogens (tertiary/aromatic N) is 2. The van der Waals surface area contributed by atoms with Crippen molar-refractivity contribution in [3.63, 3.8) is 0 Å². The van der Waals surface area contributed by atoms with Gasteiger partial charge in [-0.05, 0) is 64.9 Å². The molecule has 3 heterocycles. The number of fused-ring (bicyclic) bond motifs is 3. The molecule has 2 aliphatic rings. The minimum Gasteiger partial charge on any atom is -0.459 e. The van der Waals surface area contributed by atoms with E-state index >= 15 is 0 Å². The molecular formula is C21H28N2O4S2. The molecule has 1 fully saturated rings. The van der Waals surface area contributed by atoms with E-state index in [0.717, 1.165) is 48.9 Å². The highest BCUT2D eigenvalue weighted by molar-refractivity contribution is 7.99. The van der Waals surface area contributed by atoms with Gasteiger partial charge >= 0.3 is 5.97 Å². The van der Waals surface area contributed by atoms with E-state index in [0.29, 0.717) is 11.7 Å². The van der Waals surface area contributed by atoms with Gasteiger partial charge < -0.3 is 9.47 Å². The first-order valence-corrected chi connectivity index (χ1v) is 12.1. The maximum Gasteiger partial charge on any atom is 0.316 e. The van der Waals surface area contributed by atoms with Gasteiger partial charge in [-0.1, -0.05) is 11.8 Å². The summed E-state index contributed by atoms with van der Waals surface area (Å²) in [6.07, 6.45) is 6.27. The third-order valence-corrected chi connectivity index (χ3v) is 7.32. The molecule has 0 unspecified atom stereocenters. The summed E-state index contributed by atoms with van der Waals surface area (Å²) < 4.78 is 12.9. The van der Waals surface area contributed by atoms with Gasteiger partial charge in [0.05, 0.1) is 23.8 Å². The van der Waals surface area contributed by atoms with Crippen LogP contribution in [0, 0.1) is 0 Å². The number of hydrogen-bond acceptors (Lipinski definition) is 7. The number of carbonyl (C=O) groups excluding carboxylic acids is 1. The fourth-order valence-electron chi connectivity index (χ4n) is 3.98. The smallest absolute Gasteiger partial charge is 0.316 e. The molecule has 2 aromatic heterocycles. The molecule has 0 saturated carbocycles. The molecule has 0 aromatic carbocycles. The summed E-state index contributed by atoms with van der Waals surface area (Å²) in [6.45, 7) is 6.78. The first-order chi connectivity index (χ1) is 13.8. The summed E-state index contributed by atoms with van der Waals surface area (Å²) in [5.41, 5.74) is 0.675. The number of aromatic nitrogens is 2. The number of rotatable bonds is 5. The molecule has 0 bridgehead atoms. The summed E-state index contributed by atoms with van der Waals surface area (Å²) in [5.74, 6) is -0.169. The van der Waals surface area contributed by atoms with Gasteiger partial charge in [-0.3, -0.25) is 14.2 Å². The molecule has 6 nitrogen and oxygen atoms in total. The Morgan fingerprint density at radius 2 is 2.10 bits per heavy atom. The van der Waals surface area contributed by atoms with Crippen LogP contribution in [0.1, 0.15) is 56.9 Å². The van der Waals surface area contributed by atoms with Crippen LogP contribution in [0.25, 0.3) is 10.2 Å². The average molecular weight is 437 g/mol. The van der Waals surface area contributed by atoms with Crippen LogP contribution in [0.3, 0.4) is 0 Å². The monoisotopic (exact) mass is 436 g/mol. The third-order valence-electron chi connectivity index (χ3n) is 5.19. The largest absolute Gasteiger partial charge is 0.459 e. The van der Waals surface area contributed by atoms with E-state index in [1.165, 1.54) is 28.6 Å². The van der Waals surface area contributed by atoms with Crippen LogP contribution in [0.4, 0.5) is 0 Å². The number of ether oxygens (including phenoxy) is 2. The number of hydrogen-bond donors (Lipinski definition) is 0. The first kappa shape index (κ1) is 20.9. The van der Waals surface area contributed by atoms with Gasteiger partial charge in [0.15, 0.2) is 5.16 Å². The second-order valence-electron chi connectivity index (χ2n) is 8.71. The van der Waals surface area contributed by atoms with Crippen molar-refractivity contribution in [3.05, 3.63) is 20.8 Å². The van der Waals surface area contributed by atoms with Crippen LogP contribution in [0.2, 0.25) is 0 Å². The molecule has 0 N–H and O–H groups in total. The Labute approximate surface area is 179 Å². The van der Waals surface area contributed by atoms with Crippen molar-refractivity contribution in [2.45, 2.75) is 82.7 Å². The molecule has 8 heteroatoms. The van der Waals surface area contributed by atoms with Gasteiger partial charge in [0.25, 0.3) is 5.56 Å². The lowest BCUT2D eigenvalue weighted by molar-refractivity contribution is -0.151. The second-order valence-corrected chi connectivity index (χ2v) is 10.7. The highest BCUT2D eigenvalue weighted by atomic mass is 32.2. The lowest BCUT2D eigenvalue weighted by atomic mass is 9.97. The van der Waals surface area contributed by atoms with E-state index in [4.69, 9.17) is 14.5 Å². The Hall–Kier alpha value is -1.38. The number of thioether (sulfide) groups is 1. The topological polar surface area (TPSA) is 70.4 Å². The Bertz CT molecular complexity index is 968. The number of esters is 1. The van der Waals surface area contributed by atoms with Crippen molar-refractivity contribution in [3.8, 4) is 0 Å². The highest BCUT2D eigenvalue weighted by Gasteiger charge is 2.25. The van der Waals surface area contributed by atoms with Crippen molar-refractivity contribution in [2.24, 2.45) is 0 Å². The first-order valence-electron chi connectivity index (χ1n) is 10.3. The zero-order chi connectivity index (χ0) is 20.6. The van der Waals surface area contributed by atoms with E-state index in [2.05, 4.69) is 0 Å². The van der Waals surface area contributed by atoms with Gasteiger partial charge in [-0.25, -0.2) is 4.98 Å². The van der Waals surface area contributed by atoms with Gasteiger partial charge in [0, 0.05) is 11.5 Å². The lowest BCUT2D eigenvalue weighted by Gasteiger charge is -2.20. The minimum atomic E-state index is -0.529. The van der Waals surface area contributed by atoms with Crippen LogP contribution < -0.4 is 5.56 Å². The van der Waals surface area contributed by atoms with Crippen LogP contribution in [-0.2, 0) is 33.7 Å². The van der Waals surface area contributed by atoms with Gasteiger partial charge in [0.2, 0.25) is 0 Å². The molecule has 2 aromatic rings. The van der Waals surface area contributed by atoms with Gasteiger partial charge in [-0.2, -0.15) is 0 Å². The minimum absolute atomic E-state index is 0.0107. The molecule has 1 aliphatic heterocycles. The fraction of sp³-hybridized carbons (Fsp3) is 0.667. The van der Waals surface area contributed by atoms with Crippen molar-refractivity contribution in [1.29, 1.82) is 0 Å². The molecule has 1 atom stereocenters. The van der Waals surface area contributed by atoms with E-state index in [1.807, 2.05) is 20.8 Å². The summed E-state index contributed by atoms with van der Waals surface area (Å²) in [4.78, 5) is 32.6. The van der Waals surface area contributed by atoms with E-state index in [1.54, 1.807) is 15.9 Å². The summed E-state index contributed by atoms with van der Waals surface area (Å²) in [6, 6.07) is 0. The Balaban J connectivity index is 1.68. The maximum absolute atomic E-state index is 13.5. The predicted octanol–water partition coefficient (Wildman–Crippen LogP) is 3.95. The molecule has 158 valence electrons. The van der Waals surface area contributed by atoms with E-state index in [-0.39, 0.29) is 23.4 Å². The Kier molecular flexibility index (Phi) is 6.04. The standard InChI is InChI=1S/C21H28N2O4S2/c1-21(2,3)27-16(24)12-28-20-22-18-17(14-8-4-5-9-15(14)29-18)19(25)23(20)11-13-7-6-10-26-13/h13H,4-12H2,1-3H3/t13-/m0/s1. The Morgan fingerprint density at radius 3 is 2.83 bits per heavy atom. The highest BCUT2D eigenvalue weighted by Crippen LogP contribution is 2.35. The van der Waals surface area contributed by atoms with Crippen molar-refractivity contribution < 1.29 is 14.3 Å². The Morgan fingerprint density at radius 1 is 1.31 bits per heavy atom. The molecule has 0 amide bonds. The summed E-state index contributed by atoms with van der Waals surface area (Å²) in [7, 11) is 0. The lowest BCUT2D eigenvalue weighted by Crippen LogP contribution is -2.29. The van der Waals surface area contributed by atoms with Crippen LogP contribution >= 0.6 is 23.1 Å². The molecule has 1 aliphatic carbocycles.